The molecule has 2 rings (SSSR count). The van der Waals surface area contributed by atoms with E-state index in [1.54, 1.807) is 0 Å². The number of hydrogen-bond donors (Lipinski definition) is 5. The highest BCUT2D eigenvalue weighted by Gasteiger charge is 2.33. The van der Waals surface area contributed by atoms with Gasteiger partial charge >= 0.3 is 29.8 Å². The molecule has 10 nitrogen and oxygen atoms in total. The summed E-state index contributed by atoms with van der Waals surface area (Å²) in [7, 11) is 0. The highest BCUT2D eigenvalue weighted by Crippen LogP contribution is 2.32. The van der Waals surface area contributed by atoms with E-state index >= 15 is 0 Å². The molecule has 0 radical (unpaired) electrons. The molecule has 0 aliphatic carbocycles. The van der Waals surface area contributed by atoms with Crippen molar-refractivity contribution in [2.75, 3.05) is 0 Å². The molecule has 10 heteroatoms. The maximum atomic E-state index is 11.5. The van der Waals surface area contributed by atoms with Gasteiger partial charge in [0.1, 0.15) is 0 Å². The molecule has 0 spiro atoms. The first-order chi connectivity index (χ1) is 11.6. The molecule has 0 aliphatic rings. The highest BCUT2D eigenvalue weighted by molar-refractivity contribution is 6.23. The highest BCUT2D eigenvalue weighted by atomic mass is 16.4. The van der Waals surface area contributed by atoms with Crippen LogP contribution in [0.25, 0.3) is 10.8 Å². The molecule has 25 heavy (non-hydrogen) atoms. The van der Waals surface area contributed by atoms with Gasteiger partial charge < -0.3 is 25.5 Å². The molecule has 0 aliphatic heterocycles. The summed E-state index contributed by atoms with van der Waals surface area (Å²) in [5, 5.41) is 45.2. The maximum absolute atomic E-state index is 11.5. The number of aromatic carboxylic acids is 5. The van der Waals surface area contributed by atoms with Gasteiger partial charge in [0.15, 0.2) is 0 Å². The lowest BCUT2D eigenvalue weighted by molar-refractivity contribution is 0.0621. The molecule has 0 atom stereocenters. The molecule has 0 amide bonds. The molecule has 0 bridgehead atoms. The van der Waals surface area contributed by atoms with Gasteiger partial charge in [-0.1, -0.05) is 6.07 Å². The standard InChI is InChI=1S/C15H8O10/c16-11(17)4-1-2-5-6(3-4)8(13(20)21)10(15(24)25)9(14(22)23)7(5)12(18)19/h1-3H,(H,16,17)(H,18,19)(H,20,21)(H,22,23)(H,24,25). The SMILES string of the molecule is O=C(O)c1ccc2c(C(=O)O)c(C(=O)O)c(C(=O)O)c(C(=O)O)c2c1. The number of fused-ring (bicyclic) bond motifs is 1. The normalized spacial score (nSPS) is 10.4. The molecular weight excluding hydrogens is 340 g/mol. The Balaban J connectivity index is 3.26. The molecule has 2 aromatic carbocycles. The van der Waals surface area contributed by atoms with Crippen LogP contribution in [0, 0.1) is 0 Å². The van der Waals surface area contributed by atoms with Crippen molar-refractivity contribution >= 4 is 40.6 Å². The van der Waals surface area contributed by atoms with E-state index in [0.29, 0.717) is 0 Å². The van der Waals surface area contributed by atoms with Gasteiger partial charge in [0.2, 0.25) is 0 Å². The smallest absolute Gasteiger partial charge is 0.337 e. The molecule has 128 valence electrons. The van der Waals surface area contributed by atoms with Crippen LogP contribution in [0.5, 0.6) is 0 Å². The fraction of sp³-hybridized carbons (Fsp3) is 0. The molecule has 5 N–H and O–H groups in total. The van der Waals surface area contributed by atoms with Crippen molar-refractivity contribution in [3.63, 3.8) is 0 Å². The summed E-state index contributed by atoms with van der Waals surface area (Å²) in [5.74, 6) is -9.02. The zero-order valence-electron chi connectivity index (χ0n) is 12.0. The van der Waals surface area contributed by atoms with Crippen molar-refractivity contribution in [3.05, 3.63) is 46.0 Å². The number of carboxylic acids is 5. The minimum atomic E-state index is -1.97. The third-order valence-corrected chi connectivity index (χ3v) is 3.41. The van der Waals surface area contributed by atoms with Gasteiger partial charge in [-0.2, -0.15) is 0 Å². The van der Waals surface area contributed by atoms with E-state index in [-0.39, 0.29) is 0 Å². The largest absolute Gasteiger partial charge is 0.478 e. The summed E-state index contributed by atoms with van der Waals surface area (Å²) in [6, 6.07) is 2.66. The van der Waals surface area contributed by atoms with Gasteiger partial charge in [-0.05, 0) is 22.9 Å². The predicted molar refractivity (Wildman–Crippen MR) is 78.7 cm³/mol. The van der Waals surface area contributed by atoms with Crippen LogP contribution < -0.4 is 0 Å². The van der Waals surface area contributed by atoms with E-state index in [4.69, 9.17) is 5.11 Å². The van der Waals surface area contributed by atoms with Gasteiger partial charge in [0, 0.05) is 0 Å². The van der Waals surface area contributed by atoms with Gasteiger partial charge in [0.05, 0.1) is 27.8 Å². The monoisotopic (exact) mass is 348 g/mol. The third kappa shape index (κ3) is 2.72. The van der Waals surface area contributed by atoms with Crippen LogP contribution in [-0.2, 0) is 0 Å². The van der Waals surface area contributed by atoms with Crippen LogP contribution in [0.2, 0.25) is 0 Å². The average molecular weight is 348 g/mol. The van der Waals surface area contributed by atoms with Crippen LogP contribution in [0.4, 0.5) is 0 Å². The van der Waals surface area contributed by atoms with Crippen molar-refractivity contribution < 1.29 is 49.5 Å². The second kappa shape index (κ2) is 5.92. The Morgan fingerprint density at radius 2 is 0.920 bits per heavy atom. The number of carbonyl (C=O) groups is 5. The van der Waals surface area contributed by atoms with Gasteiger partial charge in [-0.3, -0.25) is 0 Å². The van der Waals surface area contributed by atoms with Crippen molar-refractivity contribution in [1.82, 2.24) is 0 Å². The number of benzene rings is 2. The first kappa shape index (κ1) is 17.4. The molecule has 2 aromatic rings. The second-order valence-electron chi connectivity index (χ2n) is 4.79. The van der Waals surface area contributed by atoms with Crippen LogP contribution >= 0.6 is 0 Å². The molecule has 0 aromatic heterocycles. The molecular formula is C15H8O10. The molecule has 0 saturated carbocycles. The van der Waals surface area contributed by atoms with Crippen molar-refractivity contribution in [3.8, 4) is 0 Å². The summed E-state index contributed by atoms with van der Waals surface area (Å²) < 4.78 is 0. The summed E-state index contributed by atoms with van der Waals surface area (Å²) in [6.07, 6.45) is 0. The Morgan fingerprint density at radius 1 is 0.520 bits per heavy atom. The van der Waals surface area contributed by atoms with E-state index in [0.717, 1.165) is 18.2 Å². The number of carboxylic acid groups (broad SMARTS) is 5. The van der Waals surface area contributed by atoms with E-state index in [1.165, 1.54) is 0 Å². The quantitative estimate of drug-likeness (QED) is 0.527. The Morgan fingerprint density at radius 3 is 1.28 bits per heavy atom. The van der Waals surface area contributed by atoms with E-state index in [1.807, 2.05) is 0 Å². The third-order valence-electron chi connectivity index (χ3n) is 3.41. The van der Waals surface area contributed by atoms with E-state index in [2.05, 4.69) is 0 Å². The summed E-state index contributed by atoms with van der Waals surface area (Å²) >= 11 is 0. The lowest BCUT2D eigenvalue weighted by Crippen LogP contribution is -2.20. The molecule has 0 unspecified atom stereocenters. The Hall–Kier alpha value is -3.95. The summed E-state index contributed by atoms with van der Waals surface area (Å²) in [5.41, 5.74) is -4.82. The fourth-order valence-electron chi connectivity index (χ4n) is 2.49. The van der Waals surface area contributed by atoms with E-state index in [9.17, 15) is 44.4 Å². The van der Waals surface area contributed by atoms with Crippen LogP contribution in [0.1, 0.15) is 51.8 Å². The fourth-order valence-corrected chi connectivity index (χ4v) is 2.49. The van der Waals surface area contributed by atoms with Gasteiger partial charge in [-0.25, -0.2) is 24.0 Å². The van der Waals surface area contributed by atoms with Crippen molar-refractivity contribution in [2.24, 2.45) is 0 Å². The predicted octanol–water partition coefficient (Wildman–Crippen LogP) is 1.33. The molecule has 0 heterocycles. The van der Waals surface area contributed by atoms with Gasteiger partial charge in [0.25, 0.3) is 0 Å². The minimum Gasteiger partial charge on any atom is -0.478 e. The first-order valence-electron chi connectivity index (χ1n) is 6.38. The second-order valence-corrected chi connectivity index (χ2v) is 4.79. The van der Waals surface area contributed by atoms with Crippen LogP contribution in [-0.4, -0.2) is 55.4 Å². The zero-order chi connectivity index (χ0) is 19.0. The zero-order valence-corrected chi connectivity index (χ0v) is 12.0. The van der Waals surface area contributed by atoms with Crippen LogP contribution in [0.3, 0.4) is 0 Å². The average Bonchev–Trinajstić information content (AvgIpc) is 2.50. The minimum absolute atomic E-state index is 0.405. The Bertz CT molecular complexity index is 986. The van der Waals surface area contributed by atoms with Crippen LogP contribution in [0.15, 0.2) is 18.2 Å². The Kier molecular flexibility index (Phi) is 4.12. The summed E-state index contributed by atoms with van der Waals surface area (Å²) in [6.45, 7) is 0. The number of hydrogen-bond acceptors (Lipinski definition) is 5. The van der Waals surface area contributed by atoms with Gasteiger partial charge in [-0.15, -0.1) is 0 Å². The van der Waals surface area contributed by atoms with E-state index < -0.39 is 68.4 Å². The first-order valence-corrected chi connectivity index (χ1v) is 6.38. The van der Waals surface area contributed by atoms with Crippen molar-refractivity contribution in [1.29, 1.82) is 0 Å². The molecule has 0 fully saturated rings. The lowest BCUT2D eigenvalue weighted by atomic mass is 9.88. The Labute approximate surface area is 137 Å². The lowest BCUT2D eigenvalue weighted by Gasteiger charge is -2.14. The van der Waals surface area contributed by atoms with Crippen molar-refractivity contribution in [2.45, 2.75) is 0 Å². The topological polar surface area (TPSA) is 186 Å². The number of rotatable bonds is 5. The summed E-state index contributed by atoms with van der Waals surface area (Å²) in [4.78, 5) is 57.0. The molecule has 0 saturated heterocycles. The maximum Gasteiger partial charge on any atom is 0.337 e.